The molecule has 2 aliphatic heterocycles. The van der Waals surface area contributed by atoms with Crippen LogP contribution in [0.1, 0.15) is 40.0 Å². The van der Waals surface area contributed by atoms with Crippen molar-refractivity contribution in [1.29, 1.82) is 0 Å². The lowest BCUT2D eigenvalue weighted by atomic mass is 9.68. The third kappa shape index (κ3) is 2.22. The number of hydrogen-bond acceptors (Lipinski definition) is 3. The maximum absolute atomic E-state index is 14.2. The fourth-order valence-electron chi connectivity index (χ4n) is 3.93. The third-order valence-corrected chi connectivity index (χ3v) is 5.22. The van der Waals surface area contributed by atoms with E-state index in [0.717, 1.165) is 19.4 Å². The van der Waals surface area contributed by atoms with E-state index in [1.165, 1.54) is 5.57 Å². The maximum Gasteiger partial charge on any atom is 0.127 e. The highest BCUT2D eigenvalue weighted by Crippen LogP contribution is 2.59. The number of halogens is 1. The first-order chi connectivity index (χ1) is 9.43. The molecule has 3 fully saturated rings. The molecule has 2 heterocycles. The summed E-state index contributed by atoms with van der Waals surface area (Å²) in [6.45, 7) is 6.98. The van der Waals surface area contributed by atoms with Gasteiger partial charge in [0, 0.05) is 7.11 Å². The first kappa shape index (κ1) is 14.5. The number of ether oxygens (including phenoxy) is 3. The van der Waals surface area contributed by atoms with Gasteiger partial charge < -0.3 is 14.2 Å². The van der Waals surface area contributed by atoms with Gasteiger partial charge in [-0.25, -0.2) is 4.39 Å². The molecule has 0 N–H and O–H groups in total. The van der Waals surface area contributed by atoms with Crippen molar-refractivity contribution in [2.24, 2.45) is 5.92 Å². The van der Waals surface area contributed by atoms with Crippen LogP contribution < -0.4 is 0 Å². The van der Waals surface area contributed by atoms with Crippen LogP contribution in [0.2, 0.25) is 0 Å². The SMILES string of the molecule is CO[C@@H]1[C@@H](F)CC[C@]2(CO2)[C@H]1[C@@]1(C)O[C@@H]1CC=C(C)C. The van der Waals surface area contributed by atoms with E-state index in [-0.39, 0.29) is 23.2 Å². The van der Waals surface area contributed by atoms with Gasteiger partial charge in [-0.2, -0.15) is 0 Å². The van der Waals surface area contributed by atoms with Crippen LogP contribution in [-0.2, 0) is 14.2 Å². The van der Waals surface area contributed by atoms with E-state index in [0.29, 0.717) is 6.42 Å². The van der Waals surface area contributed by atoms with Crippen molar-refractivity contribution in [2.45, 2.75) is 69.6 Å². The van der Waals surface area contributed by atoms with Crippen LogP contribution in [0.5, 0.6) is 0 Å². The highest BCUT2D eigenvalue weighted by Gasteiger charge is 2.71. The van der Waals surface area contributed by atoms with Crippen LogP contribution in [0.3, 0.4) is 0 Å². The number of rotatable bonds is 4. The molecule has 6 atom stereocenters. The van der Waals surface area contributed by atoms with Crippen molar-refractivity contribution < 1.29 is 18.6 Å². The lowest BCUT2D eigenvalue weighted by Gasteiger charge is -2.40. The minimum atomic E-state index is -0.912. The summed E-state index contributed by atoms with van der Waals surface area (Å²) >= 11 is 0. The van der Waals surface area contributed by atoms with E-state index < -0.39 is 12.3 Å². The van der Waals surface area contributed by atoms with Crippen LogP contribution >= 0.6 is 0 Å². The minimum Gasteiger partial charge on any atom is -0.378 e. The molecular weight excluding hydrogens is 259 g/mol. The molecule has 1 aliphatic carbocycles. The molecule has 1 spiro atoms. The fraction of sp³-hybridized carbons (Fsp3) is 0.875. The minimum absolute atomic E-state index is 0.000637. The molecule has 0 radical (unpaired) electrons. The van der Waals surface area contributed by atoms with Crippen molar-refractivity contribution in [2.75, 3.05) is 13.7 Å². The van der Waals surface area contributed by atoms with Gasteiger partial charge in [-0.05, 0) is 40.0 Å². The molecule has 4 heteroatoms. The lowest BCUT2D eigenvalue weighted by Crippen LogP contribution is -2.53. The van der Waals surface area contributed by atoms with Crippen molar-refractivity contribution in [3.63, 3.8) is 0 Å². The molecule has 2 saturated heterocycles. The summed E-state index contributed by atoms with van der Waals surface area (Å²) in [4.78, 5) is 0. The summed E-state index contributed by atoms with van der Waals surface area (Å²) in [5.74, 6) is -0.000637. The molecule has 0 aromatic heterocycles. The molecule has 20 heavy (non-hydrogen) atoms. The van der Waals surface area contributed by atoms with Crippen molar-refractivity contribution in [3.8, 4) is 0 Å². The molecule has 0 bridgehead atoms. The van der Waals surface area contributed by atoms with Gasteiger partial charge in [0.2, 0.25) is 0 Å². The zero-order valence-electron chi connectivity index (χ0n) is 12.8. The molecular formula is C16H25FO3. The first-order valence-electron chi connectivity index (χ1n) is 7.55. The summed E-state index contributed by atoms with van der Waals surface area (Å²) in [5, 5.41) is 0. The molecule has 3 rings (SSSR count). The van der Waals surface area contributed by atoms with Crippen molar-refractivity contribution in [3.05, 3.63) is 11.6 Å². The topological polar surface area (TPSA) is 34.3 Å². The number of alkyl halides is 1. The Bertz CT molecular complexity index is 414. The molecule has 3 nitrogen and oxygen atoms in total. The largest absolute Gasteiger partial charge is 0.378 e. The van der Waals surface area contributed by atoms with Crippen LogP contribution in [0.25, 0.3) is 0 Å². The Morgan fingerprint density at radius 2 is 2.15 bits per heavy atom. The van der Waals surface area contributed by atoms with E-state index in [1.54, 1.807) is 7.11 Å². The summed E-state index contributed by atoms with van der Waals surface area (Å²) in [5.41, 5.74) is 0.779. The zero-order chi connectivity index (χ0) is 14.5. The van der Waals surface area contributed by atoms with Crippen LogP contribution in [-0.4, -0.2) is 43.3 Å². The summed E-state index contributed by atoms with van der Waals surface area (Å²) < 4.78 is 31.4. The van der Waals surface area contributed by atoms with Gasteiger partial charge in [0.25, 0.3) is 0 Å². The third-order valence-electron chi connectivity index (χ3n) is 5.22. The smallest absolute Gasteiger partial charge is 0.127 e. The Balaban J connectivity index is 1.78. The number of hydrogen-bond donors (Lipinski definition) is 0. The maximum atomic E-state index is 14.2. The second-order valence-electron chi connectivity index (χ2n) is 6.89. The van der Waals surface area contributed by atoms with E-state index >= 15 is 0 Å². The Kier molecular flexibility index (Phi) is 3.47. The second-order valence-corrected chi connectivity index (χ2v) is 6.89. The van der Waals surface area contributed by atoms with E-state index in [4.69, 9.17) is 14.2 Å². The predicted octanol–water partition coefficient (Wildman–Crippen LogP) is 3.03. The molecule has 0 amide bonds. The molecule has 0 aromatic rings. The fourth-order valence-corrected chi connectivity index (χ4v) is 3.93. The monoisotopic (exact) mass is 284 g/mol. The van der Waals surface area contributed by atoms with Gasteiger partial charge >= 0.3 is 0 Å². The molecule has 114 valence electrons. The van der Waals surface area contributed by atoms with Gasteiger partial charge in [0.05, 0.1) is 30.3 Å². The van der Waals surface area contributed by atoms with Crippen LogP contribution in [0, 0.1) is 5.92 Å². The Labute approximate surface area is 120 Å². The molecule has 3 aliphatic rings. The molecule has 1 saturated carbocycles. The van der Waals surface area contributed by atoms with Gasteiger partial charge in [0.15, 0.2) is 0 Å². The Hall–Kier alpha value is -0.450. The van der Waals surface area contributed by atoms with Crippen LogP contribution in [0.4, 0.5) is 4.39 Å². The second kappa shape index (κ2) is 4.79. The number of methoxy groups -OCH3 is 1. The predicted molar refractivity (Wildman–Crippen MR) is 74.4 cm³/mol. The quantitative estimate of drug-likeness (QED) is 0.588. The average molecular weight is 284 g/mol. The first-order valence-corrected chi connectivity index (χ1v) is 7.55. The zero-order valence-corrected chi connectivity index (χ0v) is 12.8. The van der Waals surface area contributed by atoms with Gasteiger partial charge in [-0.3, -0.25) is 0 Å². The Morgan fingerprint density at radius 3 is 2.70 bits per heavy atom. The lowest BCUT2D eigenvalue weighted by molar-refractivity contribution is -0.0905. The van der Waals surface area contributed by atoms with Gasteiger partial charge in [-0.1, -0.05) is 11.6 Å². The highest BCUT2D eigenvalue weighted by molar-refractivity contribution is 5.20. The highest BCUT2D eigenvalue weighted by atomic mass is 19.1. The Morgan fingerprint density at radius 1 is 1.45 bits per heavy atom. The van der Waals surface area contributed by atoms with Gasteiger partial charge in [-0.15, -0.1) is 0 Å². The van der Waals surface area contributed by atoms with Crippen LogP contribution in [0.15, 0.2) is 11.6 Å². The number of epoxide rings is 2. The van der Waals surface area contributed by atoms with E-state index in [1.807, 2.05) is 0 Å². The summed E-state index contributed by atoms with van der Waals surface area (Å²) in [7, 11) is 1.60. The molecule has 0 aromatic carbocycles. The van der Waals surface area contributed by atoms with E-state index in [2.05, 4.69) is 26.8 Å². The average Bonchev–Trinajstić information content (AvgIpc) is 3.29. The van der Waals surface area contributed by atoms with Crippen molar-refractivity contribution in [1.82, 2.24) is 0 Å². The molecule has 0 unspecified atom stereocenters. The van der Waals surface area contributed by atoms with Crippen molar-refractivity contribution >= 4 is 0 Å². The summed E-state index contributed by atoms with van der Waals surface area (Å²) in [6.07, 6.45) is 3.23. The standard InChI is InChI=1S/C16H25FO3/c1-10(2)5-6-12-15(3,20-12)14-13(18-4)11(17)7-8-16(14)9-19-16/h5,11-14H,6-9H2,1-4H3/t11-,12+,13+,14+,15-,16-/m0/s1. The van der Waals surface area contributed by atoms with Gasteiger partial charge in [0.1, 0.15) is 11.8 Å². The summed E-state index contributed by atoms with van der Waals surface area (Å²) in [6, 6.07) is 0. The number of allylic oxidation sites excluding steroid dienone is 1. The van der Waals surface area contributed by atoms with E-state index in [9.17, 15) is 4.39 Å². The normalized spacial score (nSPS) is 50.0.